The van der Waals surface area contributed by atoms with Gasteiger partial charge in [-0.05, 0) is 44.4 Å². The van der Waals surface area contributed by atoms with Crippen LogP contribution in [-0.4, -0.2) is 35.4 Å². The zero-order chi connectivity index (χ0) is 17.3. The van der Waals surface area contributed by atoms with Gasteiger partial charge in [0.1, 0.15) is 16.5 Å². The third-order valence-corrected chi connectivity index (χ3v) is 6.44. The maximum Gasteiger partial charge on any atom is 0.246 e. The molecule has 130 valence electrons. The number of halogens is 1. The van der Waals surface area contributed by atoms with Crippen LogP contribution in [0.15, 0.2) is 35.5 Å². The number of rotatable bonds is 4. The van der Waals surface area contributed by atoms with Gasteiger partial charge in [-0.25, -0.2) is 17.8 Å². The Hall–Kier alpha value is -1.73. The van der Waals surface area contributed by atoms with Crippen molar-refractivity contribution in [3.8, 4) is 0 Å². The summed E-state index contributed by atoms with van der Waals surface area (Å²) in [5.74, 6) is 0.256. The number of nitrogens with zero attached hydrogens (tertiary/aromatic N) is 3. The minimum atomic E-state index is -3.83. The molecule has 1 fully saturated rings. The first-order chi connectivity index (χ1) is 11.4. The number of aromatic nitrogens is 2. The molecular formula is C17H22FN3O2S. The Labute approximate surface area is 142 Å². The number of aryl methyl sites for hydroxylation is 2. The summed E-state index contributed by atoms with van der Waals surface area (Å²) < 4.78 is 43.3. The molecule has 1 saturated heterocycles. The average Bonchev–Trinajstić information content (AvgIpc) is 3.03. The van der Waals surface area contributed by atoms with Gasteiger partial charge in [0.15, 0.2) is 0 Å². The van der Waals surface area contributed by atoms with Gasteiger partial charge < -0.3 is 4.57 Å². The second-order valence-corrected chi connectivity index (χ2v) is 8.11. The highest BCUT2D eigenvalue weighted by molar-refractivity contribution is 7.89. The molecule has 0 unspecified atom stereocenters. The van der Waals surface area contributed by atoms with Gasteiger partial charge in [-0.3, -0.25) is 0 Å². The zero-order valence-electron chi connectivity index (χ0n) is 13.9. The zero-order valence-corrected chi connectivity index (χ0v) is 14.8. The molecule has 1 aliphatic heterocycles. The summed E-state index contributed by atoms with van der Waals surface area (Å²) in [6.07, 6.45) is 5.28. The molecular weight excluding hydrogens is 329 g/mol. The predicted molar refractivity (Wildman–Crippen MR) is 89.8 cm³/mol. The molecule has 0 saturated carbocycles. The van der Waals surface area contributed by atoms with Crippen molar-refractivity contribution in [1.82, 2.24) is 13.9 Å². The Morgan fingerprint density at radius 1 is 1.38 bits per heavy atom. The van der Waals surface area contributed by atoms with E-state index in [9.17, 15) is 12.8 Å². The number of piperidine rings is 1. The third-order valence-electron chi connectivity index (χ3n) is 4.54. The summed E-state index contributed by atoms with van der Waals surface area (Å²) in [6, 6.07) is 4.25. The second-order valence-electron chi connectivity index (χ2n) is 6.21. The van der Waals surface area contributed by atoms with Crippen molar-refractivity contribution in [3.63, 3.8) is 0 Å². The monoisotopic (exact) mass is 351 g/mol. The van der Waals surface area contributed by atoms with Gasteiger partial charge in [-0.15, -0.1) is 0 Å². The van der Waals surface area contributed by atoms with Crippen molar-refractivity contribution < 1.29 is 12.8 Å². The van der Waals surface area contributed by atoms with Gasteiger partial charge in [0.05, 0.1) is 0 Å². The minimum Gasteiger partial charge on any atom is -0.335 e. The quantitative estimate of drug-likeness (QED) is 0.851. The lowest BCUT2D eigenvalue weighted by Crippen LogP contribution is -2.40. The van der Waals surface area contributed by atoms with Crippen LogP contribution in [0.4, 0.5) is 4.39 Å². The lowest BCUT2D eigenvalue weighted by molar-refractivity contribution is 0.304. The molecule has 0 N–H and O–H groups in total. The van der Waals surface area contributed by atoms with E-state index in [1.807, 2.05) is 17.7 Å². The van der Waals surface area contributed by atoms with Crippen molar-refractivity contribution in [2.45, 2.75) is 44.0 Å². The smallest absolute Gasteiger partial charge is 0.246 e. The van der Waals surface area contributed by atoms with Crippen LogP contribution in [0, 0.1) is 12.7 Å². The molecule has 1 atom stereocenters. The van der Waals surface area contributed by atoms with Crippen molar-refractivity contribution in [2.75, 3.05) is 13.1 Å². The summed E-state index contributed by atoms with van der Waals surface area (Å²) in [6.45, 7) is 5.32. The van der Waals surface area contributed by atoms with Crippen LogP contribution in [-0.2, 0) is 16.6 Å². The Bertz CT molecular complexity index is 832. The molecule has 0 spiro atoms. The second kappa shape index (κ2) is 6.64. The highest BCUT2D eigenvalue weighted by Gasteiger charge is 2.33. The molecule has 0 aliphatic carbocycles. The fourth-order valence-electron chi connectivity index (χ4n) is 3.27. The number of imidazole rings is 1. The van der Waals surface area contributed by atoms with Crippen LogP contribution >= 0.6 is 0 Å². The van der Waals surface area contributed by atoms with Gasteiger partial charge in [0.2, 0.25) is 10.0 Å². The van der Waals surface area contributed by atoms with E-state index < -0.39 is 15.8 Å². The van der Waals surface area contributed by atoms with E-state index in [1.165, 1.54) is 16.4 Å². The van der Waals surface area contributed by atoms with Crippen molar-refractivity contribution in [2.24, 2.45) is 0 Å². The Balaban J connectivity index is 1.88. The molecule has 1 aliphatic rings. The van der Waals surface area contributed by atoms with E-state index >= 15 is 0 Å². The normalized spacial score (nSPS) is 19.5. The van der Waals surface area contributed by atoms with Crippen LogP contribution < -0.4 is 0 Å². The molecule has 0 radical (unpaired) electrons. The van der Waals surface area contributed by atoms with E-state index in [-0.39, 0.29) is 10.8 Å². The van der Waals surface area contributed by atoms with Crippen LogP contribution in [0.5, 0.6) is 0 Å². The molecule has 2 aromatic rings. The fraction of sp³-hybridized carbons (Fsp3) is 0.471. The molecule has 3 rings (SSSR count). The molecule has 0 bridgehead atoms. The van der Waals surface area contributed by atoms with E-state index in [0.29, 0.717) is 18.7 Å². The summed E-state index contributed by atoms with van der Waals surface area (Å²) in [5, 5.41) is 0. The van der Waals surface area contributed by atoms with E-state index in [4.69, 9.17) is 0 Å². The van der Waals surface area contributed by atoms with Crippen LogP contribution in [0.1, 0.15) is 37.1 Å². The van der Waals surface area contributed by atoms with E-state index in [2.05, 4.69) is 4.98 Å². The lowest BCUT2D eigenvalue weighted by atomic mass is 9.99. The molecule has 1 aromatic heterocycles. The first-order valence-corrected chi connectivity index (χ1v) is 9.65. The van der Waals surface area contributed by atoms with E-state index in [0.717, 1.165) is 25.2 Å². The van der Waals surface area contributed by atoms with Crippen LogP contribution in [0.3, 0.4) is 0 Å². The summed E-state index contributed by atoms with van der Waals surface area (Å²) in [7, 11) is -3.83. The summed E-state index contributed by atoms with van der Waals surface area (Å²) >= 11 is 0. The number of benzene rings is 1. The molecule has 7 heteroatoms. The molecule has 2 heterocycles. The Morgan fingerprint density at radius 3 is 2.88 bits per heavy atom. The van der Waals surface area contributed by atoms with Crippen molar-refractivity contribution in [3.05, 3.63) is 47.8 Å². The van der Waals surface area contributed by atoms with E-state index in [1.54, 1.807) is 19.2 Å². The Kier molecular flexibility index (Phi) is 4.73. The van der Waals surface area contributed by atoms with Gasteiger partial charge >= 0.3 is 0 Å². The van der Waals surface area contributed by atoms with Crippen LogP contribution in [0.2, 0.25) is 0 Å². The van der Waals surface area contributed by atoms with Gasteiger partial charge in [0.25, 0.3) is 0 Å². The lowest BCUT2D eigenvalue weighted by Gasteiger charge is -2.32. The number of hydrogen-bond donors (Lipinski definition) is 0. The first-order valence-electron chi connectivity index (χ1n) is 8.20. The molecule has 24 heavy (non-hydrogen) atoms. The highest BCUT2D eigenvalue weighted by Crippen LogP contribution is 2.30. The first kappa shape index (κ1) is 17.1. The number of sulfonamides is 1. The van der Waals surface area contributed by atoms with Crippen molar-refractivity contribution >= 4 is 10.0 Å². The largest absolute Gasteiger partial charge is 0.335 e. The third kappa shape index (κ3) is 3.10. The predicted octanol–water partition coefficient (Wildman–Crippen LogP) is 2.92. The van der Waals surface area contributed by atoms with Gasteiger partial charge in [-0.2, -0.15) is 4.31 Å². The average molecular weight is 351 g/mol. The maximum absolute atomic E-state index is 14.2. The maximum atomic E-state index is 14.2. The van der Waals surface area contributed by atoms with Crippen LogP contribution in [0.25, 0.3) is 0 Å². The molecule has 5 nitrogen and oxygen atoms in total. The van der Waals surface area contributed by atoms with Gasteiger partial charge in [-0.1, -0.05) is 6.07 Å². The fourth-order valence-corrected chi connectivity index (χ4v) is 4.84. The van der Waals surface area contributed by atoms with Crippen molar-refractivity contribution in [1.29, 1.82) is 0 Å². The summed E-state index contributed by atoms with van der Waals surface area (Å²) in [4.78, 5) is 4.15. The summed E-state index contributed by atoms with van der Waals surface area (Å²) in [5.41, 5.74) is 0.702. The standard InChI is InChI=1S/C17H22FN3O2S/c1-3-20-10-8-19-17(20)14-5-4-9-21(12-14)24(22,23)16-7-6-13(2)11-15(16)18/h6-8,10-11,14H,3-5,9,12H2,1-2H3/t14-/m1/s1. The molecule has 0 amide bonds. The minimum absolute atomic E-state index is 0.0389. The topological polar surface area (TPSA) is 55.2 Å². The Morgan fingerprint density at radius 2 is 2.17 bits per heavy atom. The van der Waals surface area contributed by atoms with Gasteiger partial charge in [0, 0.05) is 37.9 Å². The number of hydrogen-bond acceptors (Lipinski definition) is 3. The SMILES string of the molecule is CCn1ccnc1[C@@H]1CCCN(S(=O)(=O)c2ccc(C)cc2F)C1. The molecule has 1 aromatic carbocycles. The highest BCUT2D eigenvalue weighted by atomic mass is 32.2.